The molecule has 4 aromatic heterocycles. The largest absolute Gasteiger partial charge is 0.507 e. The summed E-state index contributed by atoms with van der Waals surface area (Å²) in [4.78, 5) is 10.5. The van der Waals surface area contributed by atoms with E-state index in [-0.39, 0.29) is 37.6 Å². The zero-order valence-corrected chi connectivity index (χ0v) is 38.0. The molecule has 0 aliphatic rings. The van der Waals surface area contributed by atoms with Gasteiger partial charge in [0.15, 0.2) is 0 Å². The van der Waals surface area contributed by atoms with Crippen molar-refractivity contribution in [2.45, 2.75) is 52.4 Å². The molecule has 5 nitrogen and oxygen atoms in total. The maximum Gasteiger partial charge on any atom is 0.129 e. The number of imidazole rings is 1. The Morgan fingerprint density at radius 1 is 0.516 bits per heavy atom. The van der Waals surface area contributed by atoms with E-state index in [0.717, 1.165) is 67.3 Å². The van der Waals surface area contributed by atoms with Crippen LogP contribution in [0, 0.1) is 6.07 Å². The van der Waals surface area contributed by atoms with E-state index < -0.39 is 0 Å². The third-order valence-corrected chi connectivity index (χ3v) is 11.8. The Labute approximate surface area is 377 Å². The number of phenols is 1. The molecular formula is C56H47N4OPt-. The first-order valence-electron chi connectivity index (χ1n) is 21.0. The van der Waals surface area contributed by atoms with E-state index in [2.05, 4.69) is 196 Å². The molecule has 0 aliphatic heterocycles. The summed E-state index contributed by atoms with van der Waals surface area (Å²) in [6.45, 7) is 13.6. The van der Waals surface area contributed by atoms with Gasteiger partial charge in [-0.1, -0.05) is 144 Å². The molecule has 0 unspecified atom stereocenters. The van der Waals surface area contributed by atoms with Crippen LogP contribution in [0.5, 0.6) is 5.75 Å². The summed E-state index contributed by atoms with van der Waals surface area (Å²) >= 11 is 0. The number of fused-ring (bicyclic) bond motifs is 4. The van der Waals surface area contributed by atoms with Crippen LogP contribution in [0.3, 0.4) is 0 Å². The zero-order valence-electron chi connectivity index (χ0n) is 35.7. The SMILES string of the molecule is CC(C)(C)c1cc(-c2cc(-c3[c-]c(-c4nc5ccccn5c4-c4cccc(-n5c6ccccc6c6ccccc65)c4)ccc3)nc(-c3ccccc3O)c2)cc(C(C)(C)C)c1.[Pt]. The number of hydrogen-bond donors (Lipinski definition) is 1. The summed E-state index contributed by atoms with van der Waals surface area (Å²) in [6, 6.07) is 60.7. The second-order valence-electron chi connectivity index (χ2n) is 18.1. The minimum atomic E-state index is -0.0523. The van der Waals surface area contributed by atoms with Crippen molar-refractivity contribution in [3.05, 3.63) is 187 Å². The van der Waals surface area contributed by atoms with Gasteiger partial charge in [0, 0.05) is 66.4 Å². The van der Waals surface area contributed by atoms with Crippen LogP contribution in [-0.2, 0) is 31.9 Å². The quantitative estimate of drug-likeness (QED) is 0.169. The molecule has 62 heavy (non-hydrogen) atoms. The fraction of sp³-hybridized carbons (Fsp3) is 0.143. The van der Waals surface area contributed by atoms with Crippen LogP contribution in [0.4, 0.5) is 0 Å². The Bertz CT molecular complexity index is 3220. The van der Waals surface area contributed by atoms with Gasteiger partial charge in [-0.3, -0.25) is 9.97 Å². The topological polar surface area (TPSA) is 55.4 Å². The van der Waals surface area contributed by atoms with Gasteiger partial charge in [0.05, 0.1) is 16.7 Å². The minimum Gasteiger partial charge on any atom is -0.507 e. The van der Waals surface area contributed by atoms with Crippen molar-refractivity contribution in [3.63, 3.8) is 0 Å². The molecular weight excluding hydrogens is 940 g/mol. The van der Waals surface area contributed by atoms with Crippen LogP contribution in [0.15, 0.2) is 170 Å². The molecule has 10 aromatic rings. The van der Waals surface area contributed by atoms with E-state index in [1.807, 2.05) is 24.3 Å². The molecule has 0 aliphatic carbocycles. The van der Waals surface area contributed by atoms with Gasteiger partial charge in [-0.2, -0.15) is 0 Å². The Kier molecular flexibility index (Phi) is 10.4. The number of benzene rings is 6. The van der Waals surface area contributed by atoms with E-state index in [1.54, 1.807) is 6.07 Å². The number of aromatic nitrogens is 4. The maximum absolute atomic E-state index is 11.1. The molecule has 10 rings (SSSR count). The van der Waals surface area contributed by atoms with Crippen LogP contribution in [0.1, 0.15) is 52.7 Å². The van der Waals surface area contributed by atoms with E-state index >= 15 is 0 Å². The molecule has 0 bridgehead atoms. The average Bonchev–Trinajstić information content (AvgIpc) is 3.82. The van der Waals surface area contributed by atoms with Crippen molar-refractivity contribution in [3.8, 4) is 67.6 Å². The fourth-order valence-electron chi connectivity index (χ4n) is 8.53. The van der Waals surface area contributed by atoms with E-state index in [4.69, 9.17) is 9.97 Å². The zero-order chi connectivity index (χ0) is 42.0. The number of pyridine rings is 2. The minimum absolute atomic E-state index is 0. The molecule has 4 heterocycles. The monoisotopic (exact) mass is 986 g/mol. The van der Waals surface area contributed by atoms with Crippen molar-refractivity contribution in [2.75, 3.05) is 0 Å². The summed E-state index contributed by atoms with van der Waals surface area (Å²) in [7, 11) is 0. The van der Waals surface area contributed by atoms with Gasteiger partial charge in [0.1, 0.15) is 11.4 Å². The fourth-order valence-corrected chi connectivity index (χ4v) is 8.53. The Hall–Kier alpha value is -6.55. The number of para-hydroxylation sites is 3. The van der Waals surface area contributed by atoms with Gasteiger partial charge in [0.2, 0.25) is 0 Å². The van der Waals surface area contributed by atoms with Crippen molar-refractivity contribution in [1.29, 1.82) is 0 Å². The van der Waals surface area contributed by atoms with Gasteiger partial charge in [0.25, 0.3) is 0 Å². The first-order chi connectivity index (χ1) is 29.4. The van der Waals surface area contributed by atoms with Crippen molar-refractivity contribution in [2.24, 2.45) is 0 Å². The van der Waals surface area contributed by atoms with Gasteiger partial charge in [-0.05, 0) is 93.2 Å². The number of nitrogens with zero attached hydrogens (tertiary/aromatic N) is 4. The number of rotatable bonds is 6. The molecule has 0 fully saturated rings. The van der Waals surface area contributed by atoms with Gasteiger partial charge in [-0.25, -0.2) is 0 Å². The standard InChI is InChI=1S/C56H47N4O.Pt/c1-55(2,3)41-30-39(31-42(35-41)56(4,5)6)40-33-47(57-48(34-40)46-23-9-12-26-51(46)61)36-17-15-18-37(29-36)53-54(59-28-14-13-27-52(59)58-53)38-19-16-20-43(32-38)60-49-24-10-7-21-44(49)45-22-8-11-25-50(45)60;/h7-28,30-35,61H,1-6H3;/q-1;. The van der Waals surface area contributed by atoms with Gasteiger partial charge in [-0.15, -0.1) is 24.3 Å². The maximum atomic E-state index is 11.1. The predicted molar refractivity (Wildman–Crippen MR) is 252 cm³/mol. The summed E-state index contributed by atoms with van der Waals surface area (Å²) in [6.07, 6.45) is 2.08. The third-order valence-electron chi connectivity index (χ3n) is 11.8. The average molecular weight is 987 g/mol. The van der Waals surface area contributed by atoms with Crippen LogP contribution in [0.25, 0.3) is 89.3 Å². The normalized spacial score (nSPS) is 12.0. The smallest absolute Gasteiger partial charge is 0.129 e. The van der Waals surface area contributed by atoms with E-state index in [1.165, 1.54) is 21.9 Å². The molecule has 6 aromatic carbocycles. The van der Waals surface area contributed by atoms with E-state index in [9.17, 15) is 5.11 Å². The molecule has 6 heteroatoms. The predicted octanol–water partition coefficient (Wildman–Crippen LogP) is 14.3. The third kappa shape index (κ3) is 7.35. The summed E-state index contributed by atoms with van der Waals surface area (Å²) in [5.41, 5.74) is 15.5. The molecule has 1 N–H and O–H groups in total. The first kappa shape index (κ1) is 40.8. The van der Waals surface area contributed by atoms with Crippen molar-refractivity contribution >= 4 is 27.5 Å². The van der Waals surface area contributed by atoms with E-state index in [0.29, 0.717) is 11.3 Å². The molecule has 0 saturated heterocycles. The molecule has 0 radical (unpaired) electrons. The summed E-state index contributed by atoms with van der Waals surface area (Å²) in [5, 5.41) is 13.6. The van der Waals surface area contributed by atoms with Crippen LogP contribution >= 0.6 is 0 Å². The number of aromatic hydroxyl groups is 1. The van der Waals surface area contributed by atoms with Crippen molar-refractivity contribution in [1.82, 2.24) is 18.9 Å². The summed E-state index contributed by atoms with van der Waals surface area (Å²) < 4.78 is 4.53. The van der Waals surface area contributed by atoms with Crippen molar-refractivity contribution < 1.29 is 26.2 Å². The Balaban J connectivity index is 0.00000490. The summed E-state index contributed by atoms with van der Waals surface area (Å²) in [5.74, 6) is 0.187. The van der Waals surface area contributed by atoms with Crippen LogP contribution in [0.2, 0.25) is 0 Å². The molecule has 308 valence electrons. The Morgan fingerprint density at radius 3 is 1.81 bits per heavy atom. The van der Waals surface area contributed by atoms with Crippen LogP contribution < -0.4 is 0 Å². The number of hydrogen-bond acceptors (Lipinski definition) is 3. The first-order valence-corrected chi connectivity index (χ1v) is 21.0. The number of phenolic OH excluding ortho intramolecular Hbond substituents is 1. The van der Waals surface area contributed by atoms with Gasteiger partial charge >= 0.3 is 0 Å². The second kappa shape index (κ2) is 15.7. The van der Waals surface area contributed by atoms with Gasteiger partial charge < -0.3 is 14.1 Å². The second-order valence-corrected chi connectivity index (χ2v) is 18.1. The molecule has 0 amide bonds. The van der Waals surface area contributed by atoms with Crippen LogP contribution in [-0.4, -0.2) is 24.0 Å². The Morgan fingerprint density at radius 2 is 1.11 bits per heavy atom. The molecule has 0 spiro atoms. The molecule has 0 atom stereocenters. The molecule has 0 saturated carbocycles.